The summed E-state index contributed by atoms with van der Waals surface area (Å²) in [6.45, 7) is 0. The first kappa shape index (κ1) is 18.6. The van der Waals surface area contributed by atoms with Crippen LogP contribution < -0.4 is 14.2 Å². The van der Waals surface area contributed by atoms with Crippen molar-refractivity contribution in [1.82, 2.24) is 9.97 Å². The van der Waals surface area contributed by atoms with Gasteiger partial charge in [0.05, 0.1) is 30.6 Å². The van der Waals surface area contributed by atoms with E-state index in [1.807, 2.05) is 29.6 Å². The van der Waals surface area contributed by atoms with Gasteiger partial charge in [-0.25, -0.2) is 9.97 Å². The second kappa shape index (κ2) is 7.72. The van der Waals surface area contributed by atoms with Gasteiger partial charge in [0.15, 0.2) is 0 Å². The minimum Gasteiger partial charge on any atom is -0.497 e. The summed E-state index contributed by atoms with van der Waals surface area (Å²) in [5.41, 5.74) is 1.60. The van der Waals surface area contributed by atoms with E-state index < -0.39 is 4.92 Å². The molecule has 146 valence electrons. The summed E-state index contributed by atoms with van der Waals surface area (Å²) in [5.74, 6) is 1.43. The highest BCUT2D eigenvalue weighted by molar-refractivity contribution is 7.17. The molecular formula is C20H15N3O5S. The maximum absolute atomic E-state index is 11.5. The highest BCUT2D eigenvalue weighted by atomic mass is 32.1. The molecule has 0 aliphatic rings. The lowest BCUT2D eigenvalue weighted by Gasteiger charge is -2.09. The number of nitro groups is 1. The van der Waals surface area contributed by atoms with E-state index in [0.717, 1.165) is 21.7 Å². The van der Waals surface area contributed by atoms with Crippen molar-refractivity contribution in [3.63, 3.8) is 0 Å². The fraction of sp³-hybridized carbons (Fsp3) is 0.100. The molecule has 0 saturated heterocycles. The zero-order valence-corrected chi connectivity index (χ0v) is 16.3. The maximum Gasteiger partial charge on any atom is 0.315 e. The average Bonchev–Trinajstić information content (AvgIpc) is 3.19. The first-order chi connectivity index (χ1) is 14.1. The predicted octanol–water partition coefficient (Wildman–Crippen LogP) is 5.08. The zero-order valence-electron chi connectivity index (χ0n) is 15.5. The topological polar surface area (TPSA) is 96.6 Å². The standard InChI is InChI=1S/C20H15N3O5S/c1-26-13-5-3-12(4-6-13)15-10-29-20-18(15)19(21-11-22-20)28-17-8-7-14(27-2)9-16(17)23(24)25/h3-11H,1-2H3. The molecule has 8 nitrogen and oxygen atoms in total. The number of hydrogen-bond donors (Lipinski definition) is 0. The Morgan fingerprint density at radius 2 is 1.72 bits per heavy atom. The molecule has 0 atom stereocenters. The molecule has 0 saturated carbocycles. The SMILES string of the molecule is COc1ccc(-c2csc3ncnc(Oc4ccc(OC)cc4[N+](=O)[O-])c23)cc1. The lowest BCUT2D eigenvalue weighted by atomic mass is 10.1. The number of methoxy groups -OCH3 is 2. The smallest absolute Gasteiger partial charge is 0.315 e. The lowest BCUT2D eigenvalue weighted by Crippen LogP contribution is -1.96. The van der Waals surface area contributed by atoms with Crippen LogP contribution in [0, 0.1) is 10.1 Å². The minimum absolute atomic E-state index is 0.0719. The highest BCUT2D eigenvalue weighted by Crippen LogP contribution is 2.41. The van der Waals surface area contributed by atoms with Crippen LogP contribution in [-0.4, -0.2) is 29.1 Å². The lowest BCUT2D eigenvalue weighted by molar-refractivity contribution is -0.385. The summed E-state index contributed by atoms with van der Waals surface area (Å²) in [6, 6.07) is 12.0. The molecule has 2 aromatic heterocycles. The Morgan fingerprint density at radius 1 is 1.00 bits per heavy atom. The number of fused-ring (bicyclic) bond motifs is 1. The number of nitro benzene ring substituents is 1. The summed E-state index contributed by atoms with van der Waals surface area (Å²) in [7, 11) is 3.05. The van der Waals surface area contributed by atoms with E-state index in [1.165, 1.54) is 36.9 Å². The summed E-state index contributed by atoms with van der Waals surface area (Å²) in [6.07, 6.45) is 1.38. The van der Waals surface area contributed by atoms with Gasteiger partial charge in [-0.2, -0.15) is 0 Å². The van der Waals surface area contributed by atoms with E-state index in [9.17, 15) is 10.1 Å². The number of ether oxygens (including phenoxy) is 3. The number of benzene rings is 2. The number of hydrogen-bond acceptors (Lipinski definition) is 8. The van der Waals surface area contributed by atoms with Gasteiger partial charge in [-0.05, 0) is 29.8 Å². The first-order valence-corrected chi connectivity index (χ1v) is 9.35. The molecule has 0 fully saturated rings. The number of rotatable bonds is 6. The van der Waals surface area contributed by atoms with E-state index in [-0.39, 0.29) is 17.3 Å². The fourth-order valence-corrected chi connectivity index (χ4v) is 3.77. The van der Waals surface area contributed by atoms with Gasteiger partial charge in [-0.15, -0.1) is 11.3 Å². The van der Waals surface area contributed by atoms with Gasteiger partial charge in [0.25, 0.3) is 0 Å². The monoisotopic (exact) mass is 409 g/mol. The van der Waals surface area contributed by atoms with Crippen LogP contribution >= 0.6 is 11.3 Å². The molecule has 0 radical (unpaired) electrons. The van der Waals surface area contributed by atoms with Gasteiger partial charge in [-0.1, -0.05) is 12.1 Å². The summed E-state index contributed by atoms with van der Waals surface area (Å²) in [4.78, 5) is 20.2. The third-order valence-corrected chi connectivity index (χ3v) is 5.19. The molecule has 0 N–H and O–H groups in total. The van der Waals surface area contributed by atoms with Crippen LogP contribution in [0.1, 0.15) is 0 Å². The van der Waals surface area contributed by atoms with Gasteiger partial charge in [-0.3, -0.25) is 10.1 Å². The van der Waals surface area contributed by atoms with Crippen LogP contribution in [-0.2, 0) is 0 Å². The van der Waals surface area contributed by atoms with Crippen LogP contribution in [0.5, 0.6) is 23.1 Å². The summed E-state index contributed by atoms with van der Waals surface area (Å²) in [5, 5.41) is 14.1. The molecule has 0 spiro atoms. The van der Waals surface area contributed by atoms with Gasteiger partial charge in [0.1, 0.15) is 22.7 Å². The van der Waals surface area contributed by atoms with Crippen molar-refractivity contribution in [2.45, 2.75) is 0 Å². The van der Waals surface area contributed by atoms with Crippen molar-refractivity contribution < 1.29 is 19.1 Å². The minimum atomic E-state index is -0.520. The number of nitrogens with zero attached hydrogens (tertiary/aromatic N) is 3. The van der Waals surface area contributed by atoms with E-state index in [1.54, 1.807) is 13.2 Å². The molecule has 2 heterocycles. The molecule has 2 aromatic carbocycles. The van der Waals surface area contributed by atoms with Crippen LogP contribution in [0.15, 0.2) is 54.2 Å². The third-order valence-electron chi connectivity index (χ3n) is 4.31. The van der Waals surface area contributed by atoms with Gasteiger partial charge in [0.2, 0.25) is 11.6 Å². The molecule has 4 rings (SSSR count). The predicted molar refractivity (Wildman–Crippen MR) is 109 cm³/mol. The normalized spacial score (nSPS) is 10.7. The molecule has 0 aliphatic heterocycles. The van der Waals surface area contributed by atoms with Crippen molar-refractivity contribution >= 4 is 27.2 Å². The van der Waals surface area contributed by atoms with Gasteiger partial charge < -0.3 is 14.2 Å². The third kappa shape index (κ3) is 3.55. The molecule has 9 heteroatoms. The molecule has 0 bridgehead atoms. The molecule has 4 aromatic rings. The quantitative estimate of drug-likeness (QED) is 0.324. The second-order valence-electron chi connectivity index (χ2n) is 5.93. The van der Waals surface area contributed by atoms with Crippen LogP contribution in [0.2, 0.25) is 0 Å². The van der Waals surface area contributed by atoms with E-state index in [2.05, 4.69) is 9.97 Å². The van der Waals surface area contributed by atoms with Crippen molar-refractivity contribution in [1.29, 1.82) is 0 Å². The zero-order chi connectivity index (χ0) is 20.4. The maximum atomic E-state index is 11.5. The number of aromatic nitrogens is 2. The van der Waals surface area contributed by atoms with Crippen LogP contribution in [0.4, 0.5) is 5.69 Å². The van der Waals surface area contributed by atoms with Crippen molar-refractivity contribution in [2.75, 3.05) is 14.2 Å². The summed E-state index contributed by atoms with van der Waals surface area (Å²) >= 11 is 1.44. The molecule has 0 aliphatic carbocycles. The van der Waals surface area contributed by atoms with Gasteiger partial charge in [0, 0.05) is 10.9 Å². The largest absolute Gasteiger partial charge is 0.497 e. The molecule has 0 unspecified atom stereocenters. The van der Waals surface area contributed by atoms with Crippen molar-refractivity contribution in [3.8, 4) is 34.3 Å². The van der Waals surface area contributed by atoms with Crippen molar-refractivity contribution in [3.05, 3.63) is 64.3 Å². The Balaban J connectivity index is 1.81. The van der Waals surface area contributed by atoms with E-state index >= 15 is 0 Å². The van der Waals surface area contributed by atoms with E-state index in [0.29, 0.717) is 11.1 Å². The Kier molecular flexibility index (Phi) is 4.96. The molecule has 29 heavy (non-hydrogen) atoms. The van der Waals surface area contributed by atoms with Crippen LogP contribution in [0.25, 0.3) is 21.3 Å². The Labute approximate surface area is 169 Å². The Bertz CT molecular complexity index is 1190. The molecular weight excluding hydrogens is 394 g/mol. The Hall–Kier alpha value is -3.72. The highest BCUT2D eigenvalue weighted by Gasteiger charge is 2.21. The second-order valence-corrected chi connectivity index (χ2v) is 6.79. The average molecular weight is 409 g/mol. The van der Waals surface area contributed by atoms with Crippen molar-refractivity contribution in [2.24, 2.45) is 0 Å². The number of thiophene rings is 1. The fourth-order valence-electron chi connectivity index (χ4n) is 2.87. The Morgan fingerprint density at radius 3 is 2.41 bits per heavy atom. The van der Waals surface area contributed by atoms with Crippen LogP contribution in [0.3, 0.4) is 0 Å². The van der Waals surface area contributed by atoms with Gasteiger partial charge >= 0.3 is 5.69 Å². The molecule has 0 amide bonds. The summed E-state index contributed by atoms with van der Waals surface area (Å²) < 4.78 is 16.2. The van der Waals surface area contributed by atoms with E-state index in [4.69, 9.17) is 14.2 Å². The first-order valence-electron chi connectivity index (χ1n) is 8.47.